The van der Waals surface area contributed by atoms with E-state index in [4.69, 9.17) is 0 Å². The summed E-state index contributed by atoms with van der Waals surface area (Å²) in [5.74, 6) is 0. The van der Waals surface area contributed by atoms with E-state index < -0.39 is 0 Å². The molecule has 0 bridgehead atoms. The fourth-order valence-electron chi connectivity index (χ4n) is 3.83. The van der Waals surface area contributed by atoms with Crippen molar-refractivity contribution in [2.24, 2.45) is 0 Å². The van der Waals surface area contributed by atoms with Gasteiger partial charge in [0.05, 0.1) is 0 Å². The summed E-state index contributed by atoms with van der Waals surface area (Å²) in [6.07, 6.45) is 9.80. The van der Waals surface area contributed by atoms with Crippen LogP contribution >= 0.6 is 0 Å². The summed E-state index contributed by atoms with van der Waals surface area (Å²) in [4.78, 5) is 5.55. The van der Waals surface area contributed by atoms with Gasteiger partial charge < -0.3 is 0 Å². The lowest BCUT2D eigenvalue weighted by Crippen LogP contribution is -2.46. The Bertz CT molecular complexity index is 241. The highest BCUT2D eigenvalue weighted by molar-refractivity contribution is 4.87. The Morgan fingerprint density at radius 1 is 1.06 bits per heavy atom. The molecule has 106 valence electrons. The number of rotatable bonds is 6. The third-order valence-electron chi connectivity index (χ3n) is 5.10. The lowest BCUT2D eigenvalue weighted by Gasteiger charge is -2.35. The van der Waals surface area contributed by atoms with Gasteiger partial charge >= 0.3 is 0 Å². The molecule has 2 nitrogen and oxygen atoms in total. The summed E-state index contributed by atoms with van der Waals surface area (Å²) >= 11 is 0. The van der Waals surface area contributed by atoms with Gasteiger partial charge in [0, 0.05) is 24.7 Å². The summed E-state index contributed by atoms with van der Waals surface area (Å²) in [6, 6.07) is 2.47. The SMILES string of the molecule is CCCCC(CN1CCCC1C)N1CCCC1C. The van der Waals surface area contributed by atoms with Crippen molar-refractivity contribution in [1.82, 2.24) is 9.80 Å². The van der Waals surface area contributed by atoms with E-state index >= 15 is 0 Å². The minimum absolute atomic E-state index is 0.822. The van der Waals surface area contributed by atoms with Gasteiger partial charge in [-0.2, -0.15) is 0 Å². The van der Waals surface area contributed by atoms with E-state index in [9.17, 15) is 0 Å². The third kappa shape index (κ3) is 3.48. The summed E-state index contributed by atoms with van der Waals surface area (Å²) in [5, 5.41) is 0. The van der Waals surface area contributed by atoms with Gasteiger partial charge in [-0.25, -0.2) is 0 Å². The van der Waals surface area contributed by atoms with Crippen LogP contribution in [0.3, 0.4) is 0 Å². The van der Waals surface area contributed by atoms with Crippen LogP contribution in [-0.4, -0.2) is 47.6 Å². The Kier molecular flexibility index (Phi) is 5.50. The molecule has 0 aromatic heterocycles. The van der Waals surface area contributed by atoms with Gasteiger partial charge in [0.2, 0.25) is 0 Å². The van der Waals surface area contributed by atoms with E-state index in [-0.39, 0.29) is 0 Å². The first-order valence-corrected chi connectivity index (χ1v) is 8.22. The Morgan fingerprint density at radius 2 is 1.78 bits per heavy atom. The topological polar surface area (TPSA) is 6.48 Å². The Morgan fingerprint density at radius 3 is 2.33 bits per heavy atom. The number of hydrogen-bond donors (Lipinski definition) is 0. The van der Waals surface area contributed by atoms with E-state index in [0.29, 0.717) is 0 Å². The van der Waals surface area contributed by atoms with Gasteiger partial charge in [-0.3, -0.25) is 9.80 Å². The first-order valence-electron chi connectivity index (χ1n) is 8.22. The highest BCUT2D eigenvalue weighted by atomic mass is 15.3. The molecule has 2 heteroatoms. The highest BCUT2D eigenvalue weighted by Gasteiger charge is 2.30. The number of unbranched alkanes of at least 4 members (excludes halogenated alkanes) is 1. The summed E-state index contributed by atoms with van der Waals surface area (Å²) in [5.41, 5.74) is 0. The zero-order valence-electron chi connectivity index (χ0n) is 12.7. The number of likely N-dealkylation sites (tertiary alicyclic amines) is 2. The molecule has 2 heterocycles. The van der Waals surface area contributed by atoms with Gasteiger partial charge in [0.25, 0.3) is 0 Å². The van der Waals surface area contributed by atoms with Crippen LogP contribution in [0.2, 0.25) is 0 Å². The standard InChI is InChI=1S/C16H32N2/c1-4-5-10-16(18-12-7-9-15(18)3)13-17-11-6-8-14(17)2/h14-16H,4-13H2,1-3H3. The summed E-state index contributed by atoms with van der Waals surface area (Å²) in [6.45, 7) is 11.2. The third-order valence-corrected chi connectivity index (χ3v) is 5.10. The van der Waals surface area contributed by atoms with E-state index in [1.807, 2.05) is 0 Å². The molecule has 3 unspecified atom stereocenters. The van der Waals surface area contributed by atoms with Crippen LogP contribution in [-0.2, 0) is 0 Å². The molecule has 0 aliphatic carbocycles. The number of nitrogens with zero attached hydrogens (tertiary/aromatic N) is 2. The van der Waals surface area contributed by atoms with Gasteiger partial charge in [0.1, 0.15) is 0 Å². The normalized spacial score (nSPS) is 32.2. The molecule has 2 rings (SSSR count). The largest absolute Gasteiger partial charge is 0.299 e. The van der Waals surface area contributed by atoms with Crippen molar-refractivity contribution in [2.45, 2.75) is 83.8 Å². The fourth-order valence-corrected chi connectivity index (χ4v) is 3.83. The van der Waals surface area contributed by atoms with Crippen LogP contribution < -0.4 is 0 Å². The molecule has 0 aromatic rings. The van der Waals surface area contributed by atoms with Crippen molar-refractivity contribution in [3.63, 3.8) is 0 Å². The first-order chi connectivity index (χ1) is 8.72. The molecule has 0 aromatic carbocycles. The molecule has 0 spiro atoms. The monoisotopic (exact) mass is 252 g/mol. The molecular formula is C16H32N2. The molecule has 2 saturated heterocycles. The smallest absolute Gasteiger partial charge is 0.0226 e. The van der Waals surface area contributed by atoms with Crippen LogP contribution in [0.4, 0.5) is 0 Å². The molecular weight excluding hydrogens is 220 g/mol. The maximum atomic E-state index is 2.81. The van der Waals surface area contributed by atoms with E-state index in [1.54, 1.807) is 0 Å². The van der Waals surface area contributed by atoms with Gasteiger partial charge in [-0.05, 0) is 59.0 Å². The van der Waals surface area contributed by atoms with Crippen LogP contribution in [0, 0.1) is 0 Å². The van der Waals surface area contributed by atoms with Crippen molar-refractivity contribution in [2.75, 3.05) is 19.6 Å². The second kappa shape index (κ2) is 6.91. The maximum absolute atomic E-state index is 2.81. The van der Waals surface area contributed by atoms with Gasteiger partial charge in [0.15, 0.2) is 0 Å². The van der Waals surface area contributed by atoms with E-state index in [0.717, 1.165) is 18.1 Å². The van der Waals surface area contributed by atoms with Crippen molar-refractivity contribution >= 4 is 0 Å². The minimum Gasteiger partial charge on any atom is -0.299 e. The molecule has 18 heavy (non-hydrogen) atoms. The lowest BCUT2D eigenvalue weighted by molar-refractivity contribution is 0.121. The zero-order chi connectivity index (χ0) is 13.0. The first kappa shape index (κ1) is 14.3. The zero-order valence-corrected chi connectivity index (χ0v) is 12.7. The van der Waals surface area contributed by atoms with Crippen LogP contribution in [0.5, 0.6) is 0 Å². The average molecular weight is 252 g/mol. The maximum Gasteiger partial charge on any atom is 0.0226 e. The van der Waals surface area contributed by atoms with Crippen molar-refractivity contribution in [1.29, 1.82) is 0 Å². The predicted octanol–water partition coefficient (Wildman–Crippen LogP) is 3.51. The fraction of sp³-hybridized carbons (Fsp3) is 1.00. The molecule has 0 N–H and O–H groups in total. The van der Waals surface area contributed by atoms with Crippen molar-refractivity contribution in [3.05, 3.63) is 0 Å². The summed E-state index contributed by atoms with van der Waals surface area (Å²) < 4.78 is 0. The lowest BCUT2D eigenvalue weighted by atomic mass is 10.1. The quantitative estimate of drug-likeness (QED) is 0.714. The van der Waals surface area contributed by atoms with Crippen LogP contribution in [0.1, 0.15) is 65.7 Å². The van der Waals surface area contributed by atoms with Crippen molar-refractivity contribution < 1.29 is 0 Å². The Labute approximate surface area is 114 Å². The van der Waals surface area contributed by atoms with E-state index in [2.05, 4.69) is 30.6 Å². The molecule has 2 fully saturated rings. The van der Waals surface area contributed by atoms with Crippen LogP contribution in [0.15, 0.2) is 0 Å². The molecule has 2 aliphatic rings. The number of hydrogen-bond acceptors (Lipinski definition) is 2. The van der Waals surface area contributed by atoms with E-state index in [1.165, 1.54) is 64.6 Å². The molecule has 0 saturated carbocycles. The van der Waals surface area contributed by atoms with Crippen molar-refractivity contribution in [3.8, 4) is 0 Å². The Hall–Kier alpha value is -0.0800. The minimum atomic E-state index is 0.822. The Balaban J connectivity index is 1.91. The molecule has 2 aliphatic heterocycles. The van der Waals surface area contributed by atoms with Gasteiger partial charge in [-0.15, -0.1) is 0 Å². The second-order valence-corrected chi connectivity index (χ2v) is 6.51. The molecule has 0 radical (unpaired) electrons. The predicted molar refractivity (Wildman–Crippen MR) is 79.0 cm³/mol. The summed E-state index contributed by atoms with van der Waals surface area (Å²) in [7, 11) is 0. The van der Waals surface area contributed by atoms with Crippen LogP contribution in [0.25, 0.3) is 0 Å². The average Bonchev–Trinajstić information content (AvgIpc) is 2.94. The highest BCUT2D eigenvalue weighted by Crippen LogP contribution is 2.25. The second-order valence-electron chi connectivity index (χ2n) is 6.51. The molecule has 0 amide bonds. The molecule has 3 atom stereocenters. The van der Waals surface area contributed by atoms with Gasteiger partial charge in [-0.1, -0.05) is 19.8 Å².